The summed E-state index contributed by atoms with van der Waals surface area (Å²) in [4.78, 5) is 6.71. The Morgan fingerprint density at radius 1 is 1.19 bits per heavy atom. The monoisotopic (exact) mass is 302 g/mol. The quantitative estimate of drug-likeness (QED) is 0.833. The second-order valence-electron chi connectivity index (χ2n) is 5.61. The Balaban J connectivity index is 1.35. The highest BCUT2D eigenvalue weighted by molar-refractivity contribution is 7.99. The first kappa shape index (κ1) is 14.6. The lowest BCUT2D eigenvalue weighted by molar-refractivity contribution is 0.193. The minimum atomic E-state index is 0.852. The highest BCUT2D eigenvalue weighted by Crippen LogP contribution is 2.22. The highest BCUT2D eigenvalue weighted by atomic mass is 32.2. The smallest absolute Gasteiger partial charge is 0.183 e. The SMILES string of the molecule is c1ccc(CC2CCN(CCSc3ncn[nH]3)CC2)cc1. The van der Waals surface area contributed by atoms with Gasteiger partial charge in [-0.25, -0.2) is 4.98 Å². The number of piperidine rings is 1. The topological polar surface area (TPSA) is 44.8 Å². The first-order valence-electron chi connectivity index (χ1n) is 7.64. The molecule has 112 valence electrons. The van der Waals surface area contributed by atoms with E-state index < -0.39 is 0 Å². The maximum atomic E-state index is 4.14. The van der Waals surface area contributed by atoms with E-state index in [1.165, 1.54) is 37.9 Å². The Kier molecular flexibility index (Phi) is 5.29. The van der Waals surface area contributed by atoms with Crippen LogP contribution < -0.4 is 0 Å². The van der Waals surface area contributed by atoms with E-state index in [-0.39, 0.29) is 0 Å². The third-order valence-corrected chi connectivity index (χ3v) is 4.97. The van der Waals surface area contributed by atoms with Gasteiger partial charge < -0.3 is 4.90 Å². The minimum Gasteiger partial charge on any atom is -0.302 e. The Hall–Kier alpha value is -1.33. The maximum absolute atomic E-state index is 4.14. The molecule has 0 bridgehead atoms. The summed E-state index contributed by atoms with van der Waals surface area (Å²) in [6.07, 6.45) is 5.45. The van der Waals surface area contributed by atoms with Gasteiger partial charge >= 0.3 is 0 Å². The van der Waals surface area contributed by atoms with Gasteiger partial charge in [-0.2, -0.15) is 5.10 Å². The number of aromatic nitrogens is 3. The first-order valence-corrected chi connectivity index (χ1v) is 8.63. The predicted octanol–water partition coefficient (Wildman–Crippen LogP) is 2.85. The van der Waals surface area contributed by atoms with Crippen LogP contribution >= 0.6 is 11.8 Å². The number of H-pyrrole nitrogens is 1. The van der Waals surface area contributed by atoms with Crippen molar-refractivity contribution in [3.8, 4) is 0 Å². The number of hydrogen-bond donors (Lipinski definition) is 1. The zero-order valence-electron chi connectivity index (χ0n) is 12.2. The van der Waals surface area contributed by atoms with E-state index in [9.17, 15) is 0 Å². The van der Waals surface area contributed by atoms with E-state index in [0.29, 0.717) is 0 Å². The van der Waals surface area contributed by atoms with E-state index >= 15 is 0 Å². The van der Waals surface area contributed by atoms with E-state index in [4.69, 9.17) is 0 Å². The molecule has 1 aliphatic rings. The molecule has 1 fully saturated rings. The van der Waals surface area contributed by atoms with Gasteiger partial charge in [-0.15, -0.1) is 0 Å². The van der Waals surface area contributed by atoms with E-state index in [2.05, 4.69) is 50.4 Å². The summed E-state index contributed by atoms with van der Waals surface area (Å²) in [6, 6.07) is 10.9. The Morgan fingerprint density at radius 3 is 2.71 bits per heavy atom. The fourth-order valence-corrected chi connectivity index (χ4v) is 3.68. The van der Waals surface area contributed by atoms with E-state index in [1.807, 2.05) is 0 Å². The molecular weight excluding hydrogens is 280 g/mol. The molecule has 3 rings (SSSR count). The van der Waals surface area contributed by atoms with Crippen LogP contribution in [0.5, 0.6) is 0 Å². The molecule has 1 aromatic heterocycles. The molecule has 0 spiro atoms. The van der Waals surface area contributed by atoms with Crippen LogP contribution in [0.4, 0.5) is 0 Å². The first-order chi connectivity index (χ1) is 10.4. The molecule has 0 atom stereocenters. The lowest BCUT2D eigenvalue weighted by Crippen LogP contribution is -2.35. The largest absolute Gasteiger partial charge is 0.302 e. The zero-order chi connectivity index (χ0) is 14.3. The van der Waals surface area contributed by atoms with Crippen molar-refractivity contribution >= 4 is 11.8 Å². The molecule has 0 aliphatic carbocycles. The number of rotatable bonds is 6. The van der Waals surface area contributed by atoms with Crippen molar-refractivity contribution in [3.63, 3.8) is 0 Å². The minimum absolute atomic E-state index is 0.852. The molecule has 1 aliphatic heterocycles. The molecule has 2 heterocycles. The van der Waals surface area contributed by atoms with Gasteiger partial charge in [0.05, 0.1) is 0 Å². The third-order valence-electron chi connectivity index (χ3n) is 4.11. The Labute approximate surface area is 130 Å². The Bertz CT molecular complexity index is 506. The van der Waals surface area contributed by atoms with E-state index in [1.54, 1.807) is 18.1 Å². The van der Waals surface area contributed by atoms with Gasteiger partial charge in [0.2, 0.25) is 0 Å². The van der Waals surface area contributed by atoms with Crippen LogP contribution in [0.1, 0.15) is 18.4 Å². The predicted molar refractivity (Wildman–Crippen MR) is 86.4 cm³/mol. The number of nitrogens with one attached hydrogen (secondary N) is 1. The van der Waals surface area contributed by atoms with Crippen LogP contribution in [0.15, 0.2) is 41.8 Å². The molecule has 5 heteroatoms. The summed E-state index contributed by atoms with van der Waals surface area (Å²) in [5.41, 5.74) is 1.48. The van der Waals surface area contributed by atoms with Gasteiger partial charge in [-0.1, -0.05) is 42.1 Å². The van der Waals surface area contributed by atoms with Crippen molar-refractivity contribution in [1.82, 2.24) is 20.1 Å². The number of nitrogens with zero attached hydrogens (tertiary/aromatic N) is 3. The Morgan fingerprint density at radius 2 is 2.00 bits per heavy atom. The second-order valence-corrected chi connectivity index (χ2v) is 6.70. The fourth-order valence-electron chi connectivity index (χ4n) is 2.90. The number of aromatic amines is 1. The third kappa shape index (κ3) is 4.58. The molecule has 1 saturated heterocycles. The highest BCUT2D eigenvalue weighted by Gasteiger charge is 2.19. The molecule has 0 saturated carbocycles. The zero-order valence-corrected chi connectivity index (χ0v) is 13.1. The van der Waals surface area contributed by atoms with Crippen LogP contribution in [-0.2, 0) is 6.42 Å². The molecule has 1 aromatic carbocycles. The van der Waals surface area contributed by atoms with Crippen LogP contribution in [0, 0.1) is 5.92 Å². The number of hydrogen-bond acceptors (Lipinski definition) is 4. The van der Waals surface area contributed by atoms with Gasteiger partial charge in [-0.05, 0) is 43.8 Å². The molecular formula is C16H22N4S. The number of thioether (sulfide) groups is 1. The van der Waals surface area contributed by atoms with E-state index in [0.717, 1.165) is 23.4 Å². The summed E-state index contributed by atoms with van der Waals surface area (Å²) < 4.78 is 0. The summed E-state index contributed by atoms with van der Waals surface area (Å²) in [7, 11) is 0. The summed E-state index contributed by atoms with van der Waals surface area (Å²) in [5, 5.41) is 7.68. The standard InChI is InChI=1S/C16H22N4S/c1-2-4-14(5-3-1)12-15-6-8-20(9-7-15)10-11-21-16-17-13-18-19-16/h1-5,13,15H,6-12H2,(H,17,18,19). The molecule has 21 heavy (non-hydrogen) atoms. The van der Waals surface area contributed by atoms with Gasteiger partial charge in [0.25, 0.3) is 0 Å². The van der Waals surface area contributed by atoms with Gasteiger partial charge in [0.1, 0.15) is 6.33 Å². The maximum Gasteiger partial charge on any atom is 0.183 e. The van der Waals surface area contributed by atoms with Crippen molar-refractivity contribution in [2.75, 3.05) is 25.4 Å². The molecule has 0 unspecified atom stereocenters. The van der Waals surface area contributed by atoms with Crippen LogP contribution in [0.3, 0.4) is 0 Å². The fraction of sp³-hybridized carbons (Fsp3) is 0.500. The summed E-state index contributed by atoms with van der Waals surface area (Å²) in [6.45, 7) is 3.60. The lowest BCUT2D eigenvalue weighted by Gasteiger charge is -2.31. The van der Waals surface area contributed by atoms with Crippen molar-refractivity contribution in [1.29, 1.82) is 0 Å². The normalized spacial score (nSPS) is 17.1. The van der Waals surface area contributed by atoms with Crippen LogP contribution in [0.2, 0.25) is 0 Å². The van der Waals surface area contributed by atoms with Gasteiger partial charge in [0.15, 0.2) is 5.16 Å². The average molecular weight is 302 g/mol. The van der Waals surface area contributed by atoms with Crippen molar-refractivity contribution in [3.05, 3.63) is 42.2 Å². The summed E-state index contributed by atoms with van der Waals surface area (Å²) in [5.74, 6) is 1.93. The van der Waals surface area contributed by atoms with Crippen molar-refractivity contribution in [2.24, 2.45) is 5.92 Å². The van der Waals surface area contributed by atoms with Crippen molar-refractivity contribution in [2.45, 2.75) is 24.4 Å². The second kappa shape index (κ2) is 7.61. The molecule has 0 radical (unpaired) electrons. The average Bonchev–Trinajstić information content (AvgIpc) is 3.03. The lowest BCUT2D eigenvalue weighted by atomic mass is 9.90. The number of benzene rings is 1. The molecule has 0 amide bonds. The number of likely N-dealkylation sites (tertiary alicyclic amines) is 1. The molecule has 2 aromatic rings. The van der Waals surface area contributed by atoms with Crippen LogP contribution in [0.25, 0.3) is 0 Å². The summed E-state index contributed by atoms with van der Waals surface area (Å²) >= 11 is 1.75. The van der Waals surface area contributed by atoms with Crippen molar-refractivity contribution < 1.29 is 0 Å². The van der Waals surface area contributed by atoms with Gasteiger partial charge in [0, 0.05) is 12.3 Å². The molecule has 1 N–H and O–H groups in total. The van der Waals surface area contributed by atoms with Crippen LogP contribution in [-0.4, -0.2) is 45.5 Å². The molecule has 4 nitrogen and oxygen atoms in total. The van der Waals surface area contributed by atoms with Gasteiger partial charge in [-0.3, -0.25) is 5.10 Å².